The number of aliphatic hydroxyl groups is 1. The Morgan fingerprint density at radius 2 is 1.45 bits per heavy atom. The van der Waals surface area contributed by atoms with Crippen molar-refractivity contribution in [2.24, 2.45) is 5.92 Å². The smallest absolute Gasteiger partial charge is 0.408 e. The largest absolute Gasteiger partial charge is 0.444 e. The molecule has 11 nitrogen and oxygen atoms in total. The third-order valence-corrected chi connectivity index (χ3v) is 9.40. The van der Waals surface area contributed by atoms with Crippen LogP contribution in [0.5, 0.6) is 0 Å². The first-order valence-electron chi connectivity index (χ1n) is 16.3. The van der Waals surface area contributed by atoms with Crippen LogP contribution in [0.3, 0.4) is 0 Å². The Hall–Kier alpha value is -4.33. The predicted molar refractivity (Wildman–Crippen MR) is 190 cm³/mol. The number of carbonyl (C=O) groups is 3. The molecule has 13 heteroatoms. The lowest BCUT2D eigenvalue weighted by molar-refractivity contribution is -0.125. The van der Waals surface area contributed by atoms with Gasteiger partial charge in [-0.15, -0.1) is 22.7 Å². The maximum atomic E-state index is 13.7. The second-order valence-corrected chi connectivity index (χ2v) is 14.4. The molecule has 0 saturated heterocycles. The van der Waals surface area contributed by atoms with Crippen LogP contribution in [-0.2, 0) is 40.3 Å². The van der Waals surface area contributed by atoms with Crippen LogP contribution in [0.15, 0.2) is 77.8 Å². The van der Waals surface area contributed by atoms with E-state index in [1.807, 2.05) is 93.7 Å². The lowest BCUT2D eigenvalue weighted by Crippen LogP contribution is -2.54. The van der Waals surface area contributed by atoms with Crippen molar-refractivity contribution >= 4 is 40.8 Å². The van der Waals surface area contributed by atoms with Gasteiger partial charge in [-0.25, -0.2) is 14.6 Å². The molecule has 4 atom stereocenters. The predicted octanol–water partition coefficient (Wildman–Crippen LogP) is 5.99. The number of aromatic nitrogens is 2. The van der Waals surface area contributed by atoms with Crippen molar-refractivity contribution in [3.05, 3.63) is 104 Å². The van der Waals surface area contributed by atoms with E-state index in [1.54, 1.807) is 11.7 Å². The van der Waals surface area contributed by atoms with Crippen LogP contribution in [0.2, 0.25) is 0 Å². The van der Waals surface area contributed by atoms with Gasteiger partial charge >= 0.3 is 12.2 Å². The molecular formula is C36H45N5O6S2. The number of carbonyl (C=O) groups excluding carboxylic acids is 3. The van der Waals surface area contributed by atoms with Gasteiger partial charge in [-0.2, -0.15) is 0 Å². The van der Waals surface area contributed by atoms with Crippen LogP contribution in [0.4, 0.5) is 9.59 Å². The summed E-state index contributed by atoms with van der Waals surface area (Å²) >= 11 is 2.80. The van der Waals surface area contributed by atoms with Gasteiger partial charge in [-0.1, -0.05) is 88.4 Å². The third-order valence-electron chi connectivity index (χ3n) is 7.80. The van der Waals surface area contributed by atoms with E-state index in [1.165, 1.54) is 22.7 Å². The summed E-state index contributed by atoms with van der Waals surface area (Å²) in [6, 6.07) is 17.0. The molecule has 0 spiro atoms. The van der Waals surface area contributed by atoms with Gasteiger partial charge in [0.25, 0.3) is 0 Å². The minimum atomic E-state index is -1.06. The first-order valence-corrected chi connectivity index (χ1v) is 18.1. The van der Waals surface area contributed by atoms with E-state index in [4.69, 9.17) is 9.47 Å². The Labute approximate surface area is 295 Å². The van der Waals surface area contributed by atoms with Crippen LogP contribution in [0.1, 0.15) is 66.7 Å². The Balaban J connectivity index is 1.44. The van der Waals surface area contributed by atoms with Crippen LogP contribution in [-0.4, -0.2) is 57.4 Å². The molecule has 0 aliphatic rings. The molecule has 3 amide bonds. The highest BCUT2D eigenvalue weighted by atomic mass is 32.1. The van der Waals surface area contributed by atoms with E-state index < -0.39 is 42.3 Å². The van der Waals surface area contributed by atoms with E-state index in [9.17, 15) is 19.5 Å². The average Bonchev–Trinajstić information content (AvgIpc) is 3.79. The molecule has 4 aromatic rings. The van der Waals surface area contributed by atoms with E-state index in [0.717, 1.165) is 21.7 Å². The molecule has 0 aliphatic heterocycles. The number of hydrogen-bond acceptors (Lipinski definition) is 10. The molecule has 0 radical (unpaired) electrons. The fourth-order valence-electron chi connectivity index (χ4n) is 5.12. The summed E-state index contributed by atoms with van der Waals surface area (Å²) in [5, 5.41) is 22.8. The van der Waals surface area contributed by atoms with Crippen molar-refractivity contribution in [1.29, 1.82) is 0 Å². The lowest BCUT2D eigenvalue weighted by atomic mass is 9.93. The van der Waals surface area contributed by atoms with E-state index in [-0.39, 0.29) is 31.5 Å². The molecule has 4 rings (SSSR count). The maximum Gasteiger partial charge on any atom is 0.408 e. The second kappa shape index (κ2) is 19.0. The normalized spacial score (nSPS) is 13.7. The van der Waals surface area contributed by atoms with Crippen LogP contribution < -0.4 is 16.0 Å². The van der Waals surface area contributed by atoms with Crippen molar-refractivity contribution in [3.63, 3.8) is 0 Å². The molecule has 2 aromatic carbocycles. The highest BCUT2D eigenvalue weighted by Gasteiger charge is 2.30. The molecule has 2 heterocycles. The molecule has 49 heavy (non-hydrogen) atoms. The van der Waals surface area contributed by atoms with E-state index in [2.05, 4.69) is 25.9 Å². The Morgan fingerprint density at radius 3 is 2.04 bits per heavy atom. The lowest BCUT2D eigenvalue weighted by Gasteiger charge is -2.30. The second-order valence-electron chi connectivity index (χ2n) is 12.4. The van der Waals surface area contributed by atoms with Crippen molar-refractivity contribution in [3.8, 4) is 0 Å². The number of hydrogen-bond donors (Lipinski definition) is 4. The average molecular weight is 708 g/mol. The van der Waals surface area contributed by atoms with Crippen LogP contribution in [0, 0.1) is 5.92 Å². The highest BCUT2D eigenvalue weighted by Crippen LogP contribution is 2.19. The molecule has 0 bridgehead atoms. The monoisotopic (exact) mass is 707 g/mol. The number of alkyl carbamates (subject to hydrolysis) is 2. The zero-order valence-electron chi connectivity index (χ0n) is 28.2. The highest BCUT2D eigenvalue weighted by molar-refractivity contribution is 7.09. The zero-order chi connectivity index (χ0) is 35.2. The molecule has 2 aromatic heterocycles. The van der Waals surface area contributed by atoms with Crippen LogP contribution in [0.25, 0.3) is 0 Å². The minimum Gasteiger partial charge on any atom is -0.444 e. The number of nitrogens with zero attached hydrogens (tertiary/aromatic N) is 2. The molecule has 0 saturated carbocycles. The summed E-state index contributed by atoms with van der Waals surface area (Å²) in [6.45, 7) is 7.81. The van der Waals surface area contributed by atoms with Crippen molar-refractivity contribution in [2.45, 2.75) is 90.3 Å². The molecular weight excluding hydrogens is 663 g/mol. The van der Waals surface area contributed by atoms with Gasteiger partial charge in [0.1, 0.15) is 24.3 Å². The summed E-state index contributed by atoms with van der Waals surface area (Å²) in [7, 11) is 0. The fourth-order valence-corrected chi connectivity index (χ4v) is 6.49. The van der Waals surface area contributed by atoms with Gasteiger partial charge in [0.2, 0.25) is 5.91 Å². The van der Waals surface area contributed by atoms with Gasteiger partial charge < -0.3 is 30.5 Å². The quantitative estimate of drug-likeness (QED) is 0.105. The summed E-state index contributed by atoms with van der Waals surface area (Å²) < 4.78 is 10.8. The fraction of sp³-hybridized carbons (Fsp3) is 0.417. The number of ether oxygens (including phenoxy) is 2. The van der Waals surface area contributed by atoms with Gasteiger partial charge in [0, 0.05) is 17.6 Å². The molecule has 4 N–H and O–H groups in total. The SMILES string of the molecule is CC(C)c1csc(COC(=O)NC(C(=O)N[C@@H](Cc2ccccc2)C[C@H](O)[C@H](Cc2ccccc2)NC(=O)OCc2cncs2)C(C)C)n1. The molecule has 262 valence electrons. The summed E-state index contributed by atoms with van der Waals surface area (Å²) in [4.78, 5) is 48.7. The molecule has 1 unspecified atom stereocenters. The number of benzene rings is 2. The number of thiazole rings is 2. The van der Waals surface area contributed by atoms with Gasteiger partial charge in [-0.3, -0.25) is 9.78 Å². The first kappa shape index (κ1) is 37.5. The third kappa shape index (κ3) is 12.6. The first-order chi connectivity index (χ1) is 23.6. The Bertz CT molecular complexity index is 1580. The number of rotatable bonds is 17. The zero-order valence-corrected chi connectivity index (χ0v) is 29.8. The number of aliphatic hydroxyl groups excluding tert-OH is 1. The van der Waals surface area contributed by atoms with Gasteiger partial charge in [-0.05, 0) is 42.2 Å². The minimum absolute atomic E-state index is 0.000924. The van der Waals surface area contributed by atoms with Gasteiger partial charge in [0.15, 0.2) is 0 Å². The number of nitrogens with one attached hydrogen (secondary N) is 3. The van der Waals surface area contributed by atoms with Gasteiger partial charge in [0.05, 0.1) is 28.2 Å². The standard InChI is InChI=1S/C36H45N5O6S2/c1-23(2)30-21-48-32(39-30)20-47-36(45)41-33(24(3)4)34(43)38-27(15-25-11-7-5-8-12-25)17-31(42)29(16-26-13-9-6-10-14-26)40-35(44)46-19-28-18-37-22-49-28/h5-14,18,21-24,27,29,31,33,42H,15-17,19-20H2,1-4H3,(H,38,43)(H,40,44)(H,41,45)/t27-,29-,31-,33?/m0/s1. The summed E-state index contributed by atoms with van der Waals surface area (Å²) in [6.07, 6.45) is 0.0440. The van der Waals surface area contributed by atoms with E-state index >= 15 is 0 Å². The van der Waals surface area contributed by atoms with E-state index in [0.29, 0.717) is 17.8 Å². The molecule has 0 aliphatic carbocycles. The maximum absolute atomic E-state index is 13.7. The Morgan fingerprint density at radius 1 is 0.816 bits per heavy atom. The van der Waals surface area contributed by atoms with Crippen molar-refractivity contribution in [2.75, 3.05) is 0 Å². The van der Waals surface area contributed by atoms with Crippen LogP contribution >= 0.6 is 22.7 Å². The molecule has 0 fully saturated rings. The number of amides is 3. The summed E-state index contributed by atoms with van der Waals surface area (Å²) in [5.74, 6) is -0.404. The summed E-state index contributed by atoms with van der Waals surface area (Å²) in [5.41, 5.74) is 4.46. The van der Waals surface area contributed by atoms with Crippen molar-refractivity contribution in [1.82, 2.24) is 25.9 Å². The topological polar surface area (TPSA) is 152 Å². The Kier molecular flexibility index (Phi) is 14.5. The van der Waals surface area contributed by atoms with Crippen molar-refractivity contribution < 1.29 is 29.0 Å².